The van der Waals surface area contributed by atoms with Crippen molar-refractivity contribution in [1.82, 2.24) is 0 Å². The summed E-state index contributed by atoms with van der Waals surface area (Å²) in [4.78, 5) is 12.0. The van der Waals surface area contributed by atoms with Crippen molar-refractivity contribution >= 4 is 33.2 Å². The Balaban J connectivity index is 1.95. The molecule has 0 spiro atoms. The summed E-state index contributed by atoms with van der Waals surface area (Å²) in [6, 6.07) is 17.2. The van der Waals surface area contributed by atoms with E-state index in [4.69, 9.17) is 21.8 Å². The summed E-state index contributed by atoms with van der Waals surface area (Å²) < 4.78 is 31.6. The lowest BCUT2D eigenvalue weighted by Gasteiger charge is -2.23. The number of furan rings is 1. The number of amides is 1. The van der Waals surface area contributed by atoms with E-state index in [1.807, 2.05) is 0 Å². The van der Waals surface area contributed by atoms with Gasteiger partial charge in [0, 0.05) is 5.02 Å². The summed E-state index contributed by atoms with van der Waals surface area (Å²) in [5, 5.41) is 0.486. The number of nitrogens with zero attached hydrogens (tertiary/aromatic N) is 1. The van der Waals surface area contributed by atoms with Gasteiger partial charge >= 0.3 is 0 Å². The first-order chi connectivity index (χ1) is 13.7. The molecule has 0 aliphatic heterocycles. The molecule has 2 aromatic carbocycles. The standard InChI is InChI=1S/C21H21ClN2O4S/c1-14-7-12-19(28-14)20(21(23)25)15-8-10-17(11-9-15)24(29(2,26)27)13-16-5-3-4-6-18(16)22/h3-12,20H,13H2,1-2H3,(H2,23,25). The monoisotopic (exact) mass is 432 g/mol. The zero-order valence-electron chi connectivity index (χ0n) is 16.0. The van der Waals surface area contributed by atoms with Gasteiger partial charge in [0.2, 0.25) is 15.9 Å². The number of halogens is 1. The van der Waals surface area contributed by atoms with Crippen LogP contribution in [0.5, 0.6) is 0 Å². The second-order valence-corrected chi connectivity index (χ2v) is 9.05. The van der Waals surface area contributed by atoms with E-state index in [-0.39, 0.29) is 6.54 Å². The molecule has 0 radical (unpaired) electrons. The smallest absolute Gasteiger partial charge is 0.232 e. The molecule has 3 rings (SSSR count). The lowest BCUT2D eigenvalue weighted by molar-refractivity contribution is -0.118. The number of carbonyl (C=O) groups excluding carboxylic acids is 1. The highest BCUT2D eigenvalue weighted by Crippen LogP contribution is 2.30. The van der Waals surface area contributed by atoms with Crippen LogP contribution in [0.2, 0.25) is 5.02 Å². The Labute approximate surface area is 174 Å². The summed E-state index contributed by atoms with van der Waals surface area (Å²) in [6.07, 6.45) is 1.13. The van der Waals surface area contributed by atoms with E-state index in [1.54, 1.807) is 67.6 Å². The van der Waals surface area contributed by atoms with Crippen LogP contribution in [0, 0.1) is 6.92 Å². The van der Waals surface area contributed by atoms with E-state index in [0.717, 1.165) is 6.26 Å². The number of hydrogen-bond donors (Lipinski definition) is 1. The van der Waals surface area contributed by atoms with Crippen molar-refractivity contribution in [2.75, 3.05) is 10.6 Å². The molecule has 2 N–H and O–H groups in total. The summed E-state index contributed by atoms with van der Waals surface area (Å²) in [7, 11) is -3.57. The van der Waals surface area contributed by atoms with E-state index >= 15 is 0 Å². The van der Waals surface area contributed by atoms with E-state index in [9.17, 15) is 13.2 Å². The first kappa shape index (κ1) is 21.0. The Bertz CT molecular complexity index is 1120. The first-order valence-electron chi connectivity index (χ1n) is 8.83. The van der Waals surface area contributed by atoms with Gasteiger partial charge in [0.1, 0.15) is 17.4 Å². The normalized spacial score (nSPS) is 12.5. The number of aryl methyl sites for hydroxylation is 1. The van der Waals surface area contributed by atoms with Gasteiger partial charge in [0.25, 0.3) is 0 Å². The van der Waals surface area contributed by atoms with Crippen molar-refractivity contribution in [3.63, 3.8) is 0 Å². The minimum atomic E-state index is -3.57. The summed E-state index contributed by atoms with van der Waals surface area (Å²) in [5.74, 6) is -0.194. The Morgan fingerprint density at radius 1 is 1.10 bits per heavy atom. The van der Waals surface area contributed by atoms with E-state index in [2.05, 4.69) is 0 Å². The molecular formula is C21H21ClN2O4S. The fourth-order valence-corrected chi connectivity index (χ4v) is 4.17. The molecule has 0 fully saturated rings. The lowest BCUT2D eigenvalue weighted by Crippen LogP contribution is -2.29. The number of anilines is 1. The van der Waals surface area contributed by atoms with Crippen molar-refractivity contribution in [3.05, 3.63) is 88.3 Å². The molecule has 3 aromatic rings. The number of nitrogens with two attached hydrogens (primary N) is 1. The van der Waals surface area contributed by atoms with Gasteiger partial charge in [0.05, 0.1) is 18.5 Å². The maximum absolute atomic E-state index is 12.4. The number of benzene rings is 2. The molecule has 1 unspecified atom stereocenters. The van der Waals surface area contributed by atoms with Gasteiger partial charge < -0.3 is 10.2 Å². The van der Waals surface area contributed by atoms with Crippen molar-refractivity contribution < 1.29 is 17.6 Å². The van der Waals surface area contributed by atoms with Crippen molar-refractivity contribution in [1.29, 1.82) is 0 Å². The Morgan fingerprint density at radius 2 is 1.76 bits per heavy atom. The van der Waals surface area contributed by atoms with Crippen molar-refractivity contribution in [3.8, 4) is 0 Å². The summed E-state index contributed by atoms with van der Waals surface area (Å²) in [5.41, 5.74) is 7.33. The van der Waals surface area contributed by atoms with Crippen molar-refractivity contribution in [2.45, 2.75) is 19.4 Å². The molecule has 152 valence electrons. The summed E-state index contributed by atoms with van der Waals surface area (Å²) in [6.45, 7) is 1.87. The molecule has 29 heavy (non-hydrogen) atoms. The van der Waals surface area contributed by atoms with Crippen LogP contribution in [0.3, 0.4) is 0 Å². The maximum Gasteiger partial charge on any atom is 0.232 e. The van der Waals surface area contributed by atoms with Gasteiger partial charge in [-0.25, -0.2) is 8.42 Å². The van der Waals surface area contributed by atoms with Gasteiger partial charge in [-0.1, -0.05) is 41.9 Å². The lowest BCUT2D eigenvalue weighted by atomic mass is 9.95. The Hall–Kier alpha value is -2.77. The third-order valence-corrected chi connectivity index (χ3v) is 6.03. The molecule has 1 atom stereocenters. The van der Waals surface area contributed by atoms with Gasteiger partial charge in [0.15, 0.2) is 0 Å². The van der Waals surface area contributed by atoms with Gasteiger partial charge in [-0.3, -0.25) is 9.10 Å². The largest absolute Gasteiger partial charge is 0.465 e. The molecule has 0 aliphatic rings. The van der Waals surface area contributed by atoms with Crippen LogP contribution in [0.15, 0.2) is 65.1 Å². The van der Waals surface area contributed by atoms with Gasteiger partial charge in [-0.15, -0.1) is 0 Å². The molecule has 0 saturated carbocycles. The minimum absolute atomic E-state index is 0.0917. The Morgan fingerprint density at radius 3 is 2.28 bits per heavy atom. The Kier molecular flexibility index (Phi) is 6.00. The third kappa shape index (κ3) is 4.81. The van der Waals surface area contributed by atoms with Crippen LogP contribution < -0.4 is 10.0 Å². The quantitative estimate of drug-likeness (QED) is 0.614. The molecule has 0 bridgehead atoms. The minimum Gasteiger partial charge on any atom is -0.465 e. The van der Waals surface area contributed by atoms with Crippen LogP contribution >= 0.6 is 11.6 Å². The van der Waals surface area contributed by atoms with Gasteiger partial charge in [-0.05, 0) is 48.4 Å². The number of sulfonamides is 1. The molecule has 0 saturated heterocycles. The zero-order chi connectivity index (χ0) is 21.2. The molecule has 6 nitrogen and oxygen atoms in total. The third-order valence-electron chi connectivity index (χ3n) is 4.52. The highest BCUT2D eigenvalue weighted by Gasteiger charge is 2.25. The average molecular weight is 433 g/mol. The first-order valence-corrected chi connectivity index (χ1v) is 11.1. The molecule has 1 amide bonds. The predicted octanol–water partition coefficient (Wildman–Crippen LogP) is 3.82. The van der Waals surface area contributed by atoms with E-state index < -0.39 is 21.8 Å². The van der Waals surface area contributed by atoms with E-state index in [1.165, 1.54) is 4.31 Å². The highest BCUT2D eigenvalue weighted by atomic mass is 35.5. The van der Waals surface area contributed by atoms with Crippen molar-refractivity contribution in [2.24, 2.45) is 5.73 Å². The fraction of sp³-hybridized carbons (Fsp3) is 0.190. The predicted molar refractivity (Wildman–Crippen MR) is 113 cm³/mol. The highest BCUT2D eigenvalue weighted by molar-refractivity contribution is 7.92. The molecule has 0 aliphatic carbocycles. The van der Waals surface area contributed by atoms with Gasteiger partial charge in [-0.2, -0.15) is 0 Å². The number of hydrogen-bond acceptors (Lipinski definition) is 4. The molecular weight excluding hydrogens is 412 g/mol. The van der Waals surface area contributed by atoms with Crippen LogP contribution in [0.1, 0.15) is 28.6 Å². The number of carbonyl (C=O) groups is 1. The van der Waals surface area contributed by atoms with Crippen LogP contribution in [-0.2, 0) is 21.4 Å². The number of rotatable bonds is 7. The topological polar surface area (TPSA) is 93.6 Å². The van der Waals surface area contributed by atoms with Crippen LogP contribution in [0.25, 0.3) is 0 Å². The number of primary amides is 1. The van der Waals surface area contributed by atoms with E-state index in [0.29, 0.717) is 33.4 Å². The maximum atomic E-state index is 12.4. The molecule has 1 heterocycles. The molecule has 1 aromatic heterocycles. The fourth-order valence-electron chi connectivity index (χ4n) is 3.09. The summed E-state index contributed by atoms with van der Waals surface area (Å²) >= 11 is 6.19. The zero-order valence-corrected chi connectivity index (χ0v) is 17.6. The SMILES string of the molecule is Cc1ccc(C(C(N)=O)c2ccc(N(Cc3ccccc3Cl)S(C)(=O)=O)cc2)o1. The van der Waals surface area contributed by atoms with Crippen LogP contribution in [-0.4, -0.2) is 20.6 Å². The average Bonchev–Trinajstić information content (AvgIpc) is 3.06. The second-order valence-electron chi connectivity index (χ2n) is 6.74. The second kappa shape index (κ2) is 8.31. The van der Waals surface area contributed by atoms with Crippen LogP contribution in [0.4, 0.5) is 5.69 Å². The molecule has 8 heteroatoms.